The van der Waals surface area contributed by atoms with Gasteiger partial charge in [-0.3, -0.25) is 0 Å². The van der Waals surface area contributed by atoms with Gasteiger partial charge >= 0.3 is 0 Å². The third-order valence-electron chi connectivity index (χ3n) is 3.85. The fourth-order valence-electron chi connectivity index (χ4n) is 3.10. The molecule has 0 aromatic heterocycles. The van der Waals surface area contributed by atoms with Crippen LogP contribution in [0.3, 0.4) is 0 Å². The van der Waals surface area contributed by atoms with E-state index in [2.05, 4.69) is 6.92 Å². The van der Waals surface area contributed by atoms with E-state index in [-0.39, 0.29) is 6.10 Å². The number of aliphatic hydroxyl groups is 1. The van der Waals surface area contributed by atoms with Crippen molar-refractivity contribution in [1.29, 1.82) is 0 Å². The molecule has 0 heterocycles. The fraction of sp³-hybridized carbons (Fsp3) is 1.00. The third-order valence-corrected chi connectivity index (χ3v) is 3.85. The molecule has 2 fully saturated rings. The quantitative estimate of drug-likeness (QED) is 0.589. The molecule has 0 spiro atoms. The molecule has 0 aromatic carbocycles. The predicted molar refractivity (Wildman–Crippen MR) is 49.9 cm³/mol. The van der Waals surface area contributed by atoms with Gasteiger partial charge in [-0.2, -0.15) is 0 Å². The van der Waals surface area contributed by atoms with Crippen LogP contribution >= 0.6 is 0 Å². The van der Waals surface area contributed by atoms with Crippen molar-refractivity contribution in [3.05, 3.63) is 0 Å². The molecule has 1 N–H and O–H groups in total. The summed E-state index contributed by atoms with van der Waals surface area (Å²) in [5, 5.41) is 9.53. The van der Waals surface area contributed by atoms with E-state index < -0.39 is 0 Å². The van der Waals surface area contributed by atoms with Crippen molar-refractivity contribution < 1.29 is 5.11 Å². The summed E-state index contributed by atoms with van der Waals surface area (Å²) in [4.78, 5) is 0. The smallest absolute Gasteiger partial charge is 0.0543 e. The molecule has 2 aliphatic rings. The average molecular weight is 168 g/mol. The van der Waals surface area contributed by atoms with Crippen LogP contribution in [0.25, 0.3) is 0 Å². The van der Waals surface area contributed by atoms with Crippen molar-refractivity contribution in [1.82, 2.24) is 0 Å². The highest BCUT2D eigenvalue weighted by Gasteiger charge is 2.33. The van der Waals surface area contributed by atoms with Crippen LogP contribution in [0.1, 0.15) is 45.4 Å². The molecule has 4 unspecified atom stereocenters. The lowest BCUT2D eigenvalue weighted by Gasteiger charge is -2.40. The minimum atomic E-state index is 0.0246. The van der Waals surface area contributed by atoms with E-state index in [4.69, 9.17) is 0 Å². The number of hydrogen-bond acceptors (Lipinski definition) is 1. The van der Waals surface area contributed by atoms with Crippen LogP contribution in [-0.2, 0) is 0 Å². The highest BCUT2D eigenvalue weighted by Crippen LogP contribution is 2.42. The summed E-state index contributed by atoms with van der Waals surface area (Å²) in [6.45, 7) is 2.36. The highest BCUT2D eigenvalue weighted by molar-refractivity contribution is 4.84. The van der Waals surface area contributed by atoms with E-state index in [1.807, 2.05) is 0 Å². The van der Waals surface area contributed by atoms with Crippen LogP contribution in [0, 0.1) is 17.8 Å². The van der Waals surface area contributed by atoms with E-state index in [1.54, 1.807) is 0 Å². The van der Waals surface area contributed by atoms with Crippen molar-refractivity contribution in [2.24, 2.45) is 17.8 Å². The first-order valence-corrected chi connectivity index (χ1v) is 5.43. The molecular formula is C11H20O. The SMILES string of the molecule is CC1CCC2CCC(O)CC2C1. The minimum absolute atomic E-state index is 0.0246. The van der Waals surface area contributed by atoms with Crippen LogP contribution < -0.4 is 0 Å². The van der Waals surface area contributed by atoms with E-state index >= 15 is 0 Å². The molecule has 0 amide bonds. The zero-order valence-electron chi connectivity index (χ0n) is 8.00. The monoisotopic (exact) mass is 168 g/mol. The van der Waals surface area contributed by atoms with Crippen LogP contribution in [0.15, 0.2) is 0 Å². The van der Waals surface area contributed by atoms with Gasteiger partial charge in [0, 0.05) is 0 Å². The summed E-state index contributed by atoms with van der Waals surface area (Å²) in [5.41, 5.74) is 0. The van der Waals surface area contributed by atoms with Gasteiger partial charge in [-0.05, 0) is 49.9 Å². The van der Waals surface area contributed by atoms with Gasteiger partial charge in [0.2, 0.25) is 0 Å². The van der Waals surface area contributed by atoms with E-state index in [0.29, 0.717) is 0 Å². The maximum atomic E-state index is 9.53. The molecule has 12 heavy (non-hydrogen) atoms. The molecule has 1 heteroatoms. The molecule has 0 aliphatic heterocycles. The molecule has 2 aliphatic carbocycles. The zero-order valence-corrected chi connectivity index (χ0v) is 8.00. The number of aliphatic hydroxyl groups excluding tert-OH is 1. The number of fused-ring (bicyclic) bond motifs is 1. The molecule has 1 nitrogen and oxygen atoms in total. The normalized spacial score (nSPS) is 48.5. The molecule has 0 saturated heterocycles. The molecule has 2 saturated carbocycles. The van der Waals surface area contributed by atoms with E-state index in [1.165, 1.54) is 25.7 Å². The van der Waals surface area contributed by atoms with E-state index in [0.717, 1.165) is 30.6 Å². The number of hydrogen-bond donors (Lipinski definition) is 1. The Bertz CT molecular complexity index is 139. The Labute approximate surface area is 75.2 Å². The first-order valence-electron chi connectivity index (χ1n) is 5.43. The lowest BCUT2D eigenvalue weighted by molar-refractivity contribution is 0.0373. The van der Waals surface area contributed by atoms with Crippen LogP contribution in [0.4, 0.5) is 0 Å². The molecule has 0 radical (unpaired) electrons. The second-order valence-corrected chi connectivity index (χ2v) is 4.91. The van der Waals surface area contributed by atoms with Crippen molar-refractivity contribution in [2.45, 2.75) is 51.6 Å². The average Bonchev–Trinajstić information content (AvgIpc) is 2.03. The standard InChI is InChI=1S/C11H20O/c1-8-2-3-9-4-5-11(12)7-10(9)6-8/h8-12H,2-7H2,1H3. The molecule has 2 rings (SSSR count). The fourth-order valence-corrected chi connectivity index (χ4v) is 3.10. The minimum Gasteiger partial charge on any atom is -0.393 e. The van der Waals surface area contributed by atoms with Gasteiger partial charge in [0.25, 0.3) is 0 Å². The van der Waals surface area contributed by atoms with E-state index in [9.17, 15) is 5.11 Å². The summed E-state index contributed by atoms with van der Waals surface area (Å²) in [6.07, 6.45) is 7.71. The Hall–Kier alpha value is -0.0400. The lowest BCUT2D eigenvalue weighted by Crippen LogP contribution is -2.32. The Kier molecular flexibility index (Phi) is 2.40. The Balaban J connectivity index is 1.94. The number of rotatable bonds is 0. The Morgan fingerprint density at radius 2 is 1.67 bits per heavy atom. The summed E-state index contributed by atoms with van der Waals surface area (Å²) >= 11 is 0. The van der Waals surface area contributed by atoms with Crippen molar-refractivity contribution in [3.8, 4) is 0 Å². The Morgan fingerprint density at radius 1 is 0.917 bits per heavy atom. The summed E-state index contributed by atoms with van der Waals surface area (Å²) in [6, 6.07) is 0. The maximum absolute atomic E-state index is 9.53. The summed E-state index contributed by atoms with van der Waals surface area (Å²) in [5.74, 6) is 2.73. The lowest BCUT2D eigenvalue weighted by atomic mass is 9.67. The molecule has 0 bridgehead atoms. The van der Waals surface area contributed by atoms with Crippen molar-refractivity contribution in [2.75, 3.05) is 0 Å². The van der Waals surface area contributed by atoms with Gasteiger partial charge < -0.3 is 5.11 Å². The molecule has 4 atom stereocenters. The van der Waals surface area contributed by atoms with Crippen LogP contribution in [0.2, 0.25) is 0 Å². The topological polar surface area (TPSA) is 20.2 Å². The van der Waals surface area contributed by atoms with Gasteiger partial charge in [0.1, 0.15) is 0 Å². The molecule has 0 aromatic rings. The van der Waals surface area contributed by atoms with Crippen LogP contribution in [-0.4, -0.2) is 11.2 Å². The predicted octanol–water partition coefficient (Wildman–Crippen LogP) is 2.58. The summed E-state index contributed by atoms with van der Waals surface area (Å²) < 4.78 is 0. The third kappa shape index (κ3) is 1.66. The highest BCUT2D eigenvalue weighted by atomic mass is 16.3. The first-order chi connectivity index (χ1) is 5.75. The van der Waals surface area contributed by atoms with Crippen molar-refractivity contribution >= 4 is 0 Å². The molecular weight excluding hydrogens is 148 g/mol. The Morgan fingerprint density at radius 3 is 2.50 bits per heavy atom. The second-order valence-electron chi connectivity index (χ2n) is 4.91. The summed E-state index contributed by atoms with van der Waals surface area (Å²) in [7, 11) is 0. The van der Waals surface area contributed by atoms with Gasteiger partial charge in [-0.25, -0.2) is 0 Å². The first kappa shape index (κ1) is 8.55. The van der Waals surface area contributed by atoms with Gasteiger partial charge in [0.15, 0.2) is 0 Å². The van der Waals surface area contributed by atoms with Crippen LogP contribution in [0.5, 0.6) is 0 Å². The van der Waals surface area contributed by atoms with Gasteiger partial charge in [0.05, 0.1) is 6.10 Å². The van der Waals surface area contributed by atoms with Crippen molar-refractivity contribution in [3.63, 3.8) is 0 Å². The van der Waals surface area contributed by atoms with Gasteiger partial charge in [-0.15, -0.1) is 0 Å². The maximum Gasteiger partial charge on any atom is 0.0543 e. The second kappa shape index (κ2) is 3.37. The van der Waals surface area contributed by atoms with Gasteiger partial charge in [-0.1, -0.05) is 13.3 Å². The zero-order chi connectivity index (χ0) is 8.55. The molecule has 70 valence electrons. The largest absolute Gasteiger partial charge is 0.393 e.